The van der Waals surface area contributed by atoms with Crippen LogP contribution in [0.2, 0.25) is 0 Å². The fourth-order valence-corrected chi connectivity index (χ4v) is 2.75. The molecular formula is C22H21NO2. The third-order valence-electron chi connectivity index (χ3n) is 4.12. The molecule has 1 unspecified atom stereocenters. The Morgan fingerprint density at radius 3 is 2.08 bits per heavy atom. The van der Waals surface area contributed by atoms with E-state index in [0.717, 1.165) is 17.0 Å². The Kier molecular flexibility index (Phi) is 5.47. The summed E-state index contributed by atoms with van der Waals surface area (Å²) in [5.74, 6) is 0.846. The summed E-state index contributed by atoms with van der Waals surface area (Å²) in [7, 11) is 1.62. The van der Waals surface area contributed by atoms with Crippen LogP contribution in [0.15, 0.2) is 84.9 Å². The zero-order valence-corrected chi connectivity index (χ0v) is 14.2. The molecular weight excluding hydrogens is 310 g/mol. The van der Waals surface area contributed by atoms with E-state index in [4.69, 9.17) is 4.74 Å². The normalized spacial score (nSPS) is 11.6. The van der Waals surface area contributed by atoms with E-state index in [-0.39, 0.29) is 11.8 Å². The van der Waals surface area contributed by atoms with Gasteiger partial charge in [0.05, 0.1) is 13.2 Å². The molecule has 0 heterocycles. The summed E-state index contributed by atoms with van der Waals surface area (Å²) < 4.78 is 5.15. The largest absolute Gasteiger partial charge is 0.497 e. The van der Waals surface area contributed by atoms with Crippen LogP contribution in [-0.4, -0.2) is 12.9 Å². The summed E-state index contributed by atoms with van der Waals surface area (Å²) in [4.78, 5) is 12.7. The SMILES string of the molecule is COc1ccc(C(=O)CC(Nc2ccccc2)c2ccccc2)cc1. The first-order chi connectivity index (χ1) is 12.3. The van der Waals surface area contributed by atoms with Crippen LogP contribution >= 0.6 is 0 Å². The van der Waals surface area contributed by atoms with E-state index in [1.54, 1.807) is 7.11 Å². The van der Waals surface area contributed by atoms with Gasteiger partial charge in [0.25, 0.3) is 0 Å². The first-order valence-electron chi connectivity index (χ1n) is 8.30. The van der Waals surface area contributed by atoms with E-state index < -0.39 is 0 Å². The highest BCUT2D eigenvalue weighted by Gasteiger charge is 2.17. The van der Waals surface area contributed by atoms with Crippen molar-refractivity contribution in [3.63, 3.8) is 0 Å². The molecule has 0 bridgehead atoms. The highest BCUT2D eigenvalue weighted by atomic mass is 16.5. The molecule has 0 radical (unpaired) electrons. The predicted molar refractivity (Wildman–Crippen MR) is 101 cm³/mol. The van der Waals surface area contributed by atoms with Gasteiger partial charge < -0.3 is 10.1 Å². The summed E-state index contributed by atoms with van der Waals surface area (Å²) in [6.45, 7) is 0. The molecule has 0 spiro atoms. The Balaban J connectivity index is 1.80. The second kappa shape index (κ2) is 8.15. The minimum atomic E-state index is -0.0850. The number of anilines is 1. The van der Waals surface area contributed by atoms with Gasteiger partial charge in [0.15, 0.2) is 5.78 Å². The zero-order valence-electron chi connectivity index (χ0n) is 14.2. The van der Waals surface area contributed by atoms with Crippen molar-refractivity contribution in [3.05, 3.63) is 96.1 Å². The van der Waals surface area contributed by atoms with Crippen LogP contribution in [0.1, 0.15) is 28.4 Å². The highest BCUT2D eigenvalue weighted by Crippen LogP contribution is 2.25. The van der Waals surface area contributed by atoms with Crippen molar-refractivity contribution in [3.8, 4) is 5.75 Å². The topological polar surface area (TPSA) is 38.3 Å². The average Bonchev–Trinajstić information content (AvgIpc) is 2.69. The molecule has 0 aliphatic heterocycles. The molecule has 126 valence electrons. The van der Waals surface area contributed by atoms with Crippen LogP contribution in [0, 0.1) is 0 Å². The van der Waals surface area contributed by atoms with Gasteiger partial charge in [-0.2, -0.15) is 0 Å². The highest BCUT2D eigenvalue weighted by molar-refractivity contribution is 5.96. The maximum absolute atomic E-state index is 12.7. The molecule has 1 atom stereocenters. The number of methoxy groups -OCH3 is 1. The van der Waals surface area contributed by atoms with Crippen LogP contribution < -0.4 is 10.1 Å². The van der Waals surface area contributed by atoms with E-state index in [0.29, 0.717) is 12.0 Å². The number of hydrogen-bond acceptors (Lipinski definition) is 3. The maximum Gasteiger partial charge on any atom is 0.165 e. The van der Waals surface area contributed by atoms with Crippen molar-refractivity contribution in [1.29, 1.82) is 0 Å². The van der Waals surface area contributed by atoms with Gasteiger partial charge in [0.2, 0.25) is 0 Å². The van der Waals surface area contributed by atoms with Gasteiger partial charge in [-0.25, -0.2) is 0 Å². The number of rotatable bonds is 7. The lowest BCUT2D eigenvalue weighted by Crippen LogP contribution is -2.15. The van der Waals surface area contributed by atoms with Crippen molar-refractivity contribution in [1.82, 2.24) is 0 Å². The summed E-state index contributed by atoms with van der Waals surface area (Å²) in [6.07, 6.45) is 0.380. The molecule has 0 amide bonds. The second-order valence-corrected chi connectivity index (χ2v) is 5.83. The number of carbonyl (C=O) groups excluding carboxylic acids is 1. The second-order valence-electron chi connectivity index (χ2n) is 5.83. The quantitative estimate of drug-likeness (QED) is 0.611. The average molecular weight is 331 g/mol. The summed E-state index contributed by atoms with van der Waals surface area (Å²) >= 11 is 0. The lowest BCUT2D eigenvalue weighted by Gasteiger charge is -2.20. The van der Waals surface area contributed by atoms with Gasteiger partial charge in [0, 0.05) is 17.7 Å². The van der Waals surface area contributed by atoms with E-state index >= 15 is 0 Å². The van der Waals surface area contributed by atoms with Gasteiger partial charge in [-0.15, -0.1) is 0 Å². The fraction of sp³-hybridized carbons (Fsp3) is 0.136. The molecule has 0 aromatic heterocycles. The molecule has 25 heavy (non-hydrogen) atoms. The minimum absolute atomic E-state index is 0.0850. The number of Topliss-reactive ketones (excluding diaryl/α,β-unsaturated/α-hetero) is 1. The number of nitrogens with one attached hydrogen (secondary N) is 1. The number of benzene rings is 3. The van der Waals surface area contributed by atoms with Crippen LogP contribution in [0.5, 0.6) is 5.75 Å². The third-order valence-corrected chi connectivity index (χ3v) is 4.12. The van der Waals surface area contributed by atoms with Crippen LogP contribution in [-0.2, 0) is 0 Å². The number of ketones is 1. The standard InChI is InChI=1S/C22H21NO2/c1-25-20-14-12-18(13-15-20)22(24)16-21(17-8-4-2-5-9-17)23-19-10-6-3-7-11-19/h2-15,21,23H,16H2,1H3. The zero-order chi connectivity index (χ0) is 17.5. The minimum Gasteiger partial charge on any atom is -0.497 e. The molecule has 3 heteroatoms. The lowest BCUT2D eigenvalue weighted by molar-refractivity contribution is 0.0976. The van der Waals surface area contributed by atoms with Crippen molar-refractivity contribution in [2.45, 2.75) is 12.5 Å². The Labute approximate surface area is 148 Å². The van der Waals surface area contributed by atoms with Crippen molar-refractivity contribution < 1.29 is 9.53 Å². The Hall–Kier alpha value is -3.07. The molecule has 0 saturated carbocycles. The third kappa shape index (κ3) is 4.48. The summed E-state index contributed by atoms with van der Waals surface area (Å²) in [6, 6.07) is 27.2. The predicted octanol–water partition coefficient (Wildman–Crippen LogP) is 5.12. The molecule has 3 aromatic rings. The van der Waals surface area contributed by atoms with Gasteiger partial charge in [-0.3, -0.25) is 4.79 Å². The Morgan fingerprint density at radius 2 is 1.48 bits per heavy atom. The fourth-order valence-electron chi connectivity index (χ4n) is 2.75. The Bertz CT molecular complexity index is 798. The van der Waals surface area contributed by atoms with E-state index in [9.17, 15) is 4.79 Å². The number of para-hydroxylation sites is 1. The molecule has 3 aromatic carbocycles. The molecule has 3 rings (SSSR count). The van der Waals surface area contributed by atoms with Crippen molar-refractivity contribution >= 4 is 11.5 Å². The van der Waals surface area contributed by atoms with Gasteiger partial charge in [0.1, 0.15) is 5.75 Å². The molecule has 0 saturated heterocycles. The first-order valence-corrected chi connectivity index (χ1v) is 8.30. The number of ether oxygens (including phenoxy) is 1. The summed E-state index contributed by atoms with van der Waals surface area (Å²) in [5, 5.41) is 3.47. The molecule has 1 N–H and O–H groups in total. The van der Waals surface area contributed by atoms with Gasteiger partial charge in [-0.05, 0) is 42.0 Å². The van der Waals surface area contributed by atoms with Crippen molar-refractivity contribution in [2.24, 2.45) is 0 Å². The lowest BCUT2D eigenvalue weighted by atomic mass is 9.97. The monoisotopic (exact) mass is 331 g/mol. The van der Waals surface area contributed by atoms with Crippen LogP contribution in [0.3, 0.4) is 0 Å². The number of hydrogen-bond donors (Lipinski definition) is 1. The number of carbonyl (C=O) groups is 1. The van der Waals surface area contributed by atoms with Crippen molar-refractivity contribution in [2.75, 3.05) is 12.4 Å². The molecule has 3 nitrogen and oxygen atoms in total. The smallest absolute Gasteiger partial charge is 0.165 e. The summed E-state index contributed by atoms with van der Waals surface area (Å²) in [5.41, 5.74) is 2.78. The van der Waals surface area contributed by atoms with E-state index in [1.165, 1.54) is 0 Å². The van der Waals surface area contributed by atoms with E-state index in [2.05, 4.69) is 5.32 Å². The van der Waals surface area contributed by atoms with E-state index in [1.807, 2.05) is 84.9 Å². The first kappa shape index (κ1) is 16.8. The molecule has 0 fully saturated rings. The van der Waals surface area contributed by atoms with Crippen LogP contribution in [0.4, 0.5) is 5.69 Å². The molecule has 0 aliphatic rings. The van der Waals surface area contributed by atoms with Gasteiger partial charge in [-0.1, -0.05) is 48.5 Å². The van der Waals surface area contributed by atoms with Crippen LogP contribution in [0.25, 0.3) is 0 Å². The Morgan fingerprint density at radius 1 is 0.880 bits per heavy atom. The van der Waals surface area contributed by atoms with Gasteiger partial charge >= 0.3 is 0 Å². The molecule has 0 aliphatic carbocycles. The maximum atomic E-state index is 12.7.